The standard InChI is InChI=1S/C33H36FNO6S/c1-30-9-8-22(37)13-20(30)6-7-23-24-14-28-33(27(39)16-36,31(24,2)15-26(38)32(23,30)34)41-29(40-28)25-12-19(17-42-25)10-18-4-3-5-21(35)11-18/h3-5,8-9,11-13,17,23-24,26,28-29,36,38H,6-7,10,14-16,35H2,1-2H3/t23-,24-,26-,28+,29+,30-,31-,32-,33+/m0/s1. The number of allylic oxidation sites excluding steroid dienone is 4. The first-order valence-electron chi connectivity index (χ1n) is 14.7. The van der Waals surface area contributed by atoms with Crippen molar-refractivity contribution in [1.82, 2.24) is 0 Å². The molecule has 4 N–H and O–H groups in total. The molecule has 7 nitrogen and oxygen atoms in total. The maximum Gasteiger partial charge on any atom is 0.194 e. The van der Waals surface area contributed by atoms with E-state index in [1.54, 1.807) is 13.0 Å². The highest BCUT2D eigenvalue weighted by Crippen LogP contribution is 2.72. The van der Waals surface area contributed by atoms with Crippen LogP contribution in [0.15, 0.2) is 59.5 Å². The molecule has 2 aromatic rings. The number of halogens is 1. The lowest BCUT2D eigenvalue weighted by atomic mass is 9.44. The molecule has 1 saturated heterocycles. The van der Waals surface area contributed by atoms with E-state index in [0.717, 1.165) is 16.0 Å². The Morgan fingerprint density at radius 2 is 2.02 bits per heavy atom. The number of Topliss-reactive ketones (excluding diaryl/α,β-unsaturated/α-hetero) is 1. The zero-order valence-corrected chi connectivity index (χ0v) is 24.5. The third-order valence-electron chi connectivity index (χ3n) is 11.2. The lowest BCUT2D eigenvalue weighted by Crippen LogP contribution is -2.69. The summed E-state index contributed by atoms with van der Waals surface area (Å²) in [6.45, 7) is 2.93. The van der Waals surface area contributed by atoms with Crippen LogP contribution in [0.4, 0.5) is 10.1 Å². The van der Waals surface area contributed by atoms with E-state index in [9.17, 15) is 19.8 Å². The predicted octanol–water partition coefficient (Wildman–Crippen LogP) is 4.62. The first-order chi connectivity index (χ1) is 20.0. The Morgan fingerprint density at radius 3 is 2.79 bits per heavy atom. The number of thiophene rings is 1. The van der Waals surface area contributed by atoms with Gasteiger partial charge in [-0.3, -0.25) is 9.59 Å². The minimum absolute atomic E-state index is 0.0290. The van der Waals surface area contributed by atoms with Gasteiger partial charge < -0.3 is 25.4 Å². The Kier molecular flexibility index (Phi) is 6.29. The third kappa shape index (κ3) is 3.57. The Bertz CT molecular complexity index is 1540. The van der Waals surface area contributed by atoms with E-state index >= 15 is 4.39 Å². The van der Waals surface area contributed by atoms with Crippen molar-refractivity contribution in [3.05, 3.63) is 75.5 Å². The summed E-state index contributed by atoms with van der Waals surface area (Å²) in [5, 5.41) is 23.9. The first kappa shape index (κ1) is 28.1. The molecule has 0 amide bonds. The summed E-state index contributed by atoms with van der Waals surface area (Å²) in [6, 6.07) is 9.72. The number of fused-ring (bicyclic) bond motifs is 7. The fourth-order valence-electron chi connectivity index (χ4n) is 9.25. The molecule has 4 aliphatic carbocycles. The molecule has 7 rings (SSSR count). The maximum atomic E-state index is 17.5. The number of hydrogen-bond acceptors (Lipinski definition) is 8. The number of ether oxygens (including phenoxy) is 2. The van der Waals surface area contributed by atoms with Crippen LogP contribution >= 0.6 is 11.3 Å². The average molecular weight is 594 g/mol. The van der Waals surface area contributed by atoms with E-state index in [1.165, 1.54) is 23.5 Å². The van der Waals surface area contributed by atoms with Gasteiger partial charge in [0.15, 0.2) is 29.1 Å². The number of carbonyl (C=O) groups is 2. The number of carbonyl (C=O) groups excluding carboxylic acids is 2. The molecule has 3 saturated carbocycles. The van der Waals surface area contributed by atoms with E-state index in [0.29, 0.717) is 36.9 Å². The first-order valence-corrected chi connectivity index (χ1v) is 15.5. The van der Waals surface area contributed by atoms with Crippen LogP contribution in [0.1, 0.15) is 61.8 Å². The van der Waals surface area contributed by atoms with Crippen LogP contribution in [0.3, 0.4) is 0 Å². The Balaban J connectivity index is 1.21. The molecule has 0 bridgehead atoms. The minimum atomic E-state index is -2.02. The van der Waals surface area contributed by atoms with Crippen molar-refractivity contribution >= 4 is 28.6 Å². The summed E-state index contributed by atoms with van der Waals surface area (Å²) in [6.07, 6.45) is 3.60. The Morgan fingerprint density at radius 1 is 1.21 bits per heavy atom. The fourth-order valence-corrected chi connectivity index (χ4v) is 10.1. The van der Waals surface area contributed by atoms with E-state index < -0.39 is 58.9 Å². The maximum absolute atomic E-state index is 17.5. The lowest BCUT2D eigenvalue weighted by molar-refractivity contribution is -0.231. The molecule has 1 aliphatic heterocycles. The third-order valence-corrected chi connectivity index (χ3v) is 12.2. The molecule has 2 heterocycles. The van der Waals surface area contributed by atoms with Crippen molar-refractivity contribution in [3.63, 3.8) is 0 Å². The molecule has 4 fully saturated rings. The van der Waals surface area contributed by atoms with Crippen LogP contribution in [0.25, 0.3) is 0 Å². The number of aliphatic hydroxyl groups is 2. The SMILES string of the molecule is C[C@]12C=CC(=O)C=C1CC[C@H]1[C@@H]3C[C@H]4O[C@@H](c5cc(Cc6cccc(N)c6)cs5)O[C@@]4(C(=O)CO)[C@@]3(C)C[C@H](O)[C@@]12F. The van der Waals surface area contributed by atoms with E-state index in [1.807, 2.05) is 42.6 Å². The van der Waals surface area contributed by atoms with Crippen LogP contribution in [0.2, 0.25) is 0 Å². The normalized spacial score (nSPS) is 42.0. The van der Waals surface area contributed by atoms with E-state index in [-0.39, 0.29) is 18.1 Å². The number of ketones is 2. The highest BCUT2D eigenvalue weighted by Gasteiger charge is 2.79. The van der Waals surface area contributed by atoms with Crippen molar-refractivity contribution in [1.29, 1.82) is 0 Å². The second kappa shape index (κ2) is 9.40. The number of anilines is 1. The molecule has 0 radical (unpaired) electrons. The molecular weight excluding hydrogens is 557 g/mol. The highest BCUT2D eigenvalue weighted by molar-refractivity contribution is 7.10. The largest absolute Gasteiger partial charge is 0.399 e. The second-order valence-corrected chi connectivity index (χ2v) is 14.1. The Hall–Kier alpha value is -2.69. The summed E-state index contributed by atoms with van der Waals surface area (Å²) >= 11 is 1.48. The number of rotatable bonds is 5. The average Bonchev–Trinajstić information content (AvgIpc) is 3.63. The molecule has 1 aromatic heterocycles. The van der Waals surface area contributed by atoms with Crippen molar-refractivity contribution in [3.8, 4) is 0 Å². The van der Waals surface area contributed by atoms with Gasteiger partial charge in [0.25, 0.3) is 0 Å². The Labute approximate surface area is 248 Å². The van der Waals surface area contributed by atoms with Gasteiger partial charge in [-0.15, -0.1) is 11.3 Å². The van der Waals surface area contributed by atoms with Crippen LogP contribution in [0, 0.1) is 22.7 Å². The number of nitrogen functional groups attached to an aromatic ring is 1. The molecule has 42 heavy (non-hydrogen) atoms. The number of hydrogen-bond donors (Lipinski definition) is 3. The summed E-state index contributed by atoms with van der Waals surface area (Å²) in [4.78, 5) is 26.6. The number of benzene rings is 1. The zero-order valence-electron chi connectivity index (χ0n) is 23.7. The number of nitrogens with two attached hydrogens (primary N) is 1. The van der Waals surface area contributed by atoms with Crippen LogP contribution in [0.5, 0.6) is 0 Å². The number of alkyl halides is 1. The van der Waals surface area contributed by atoms with Crippen LogP contribution in [-0.4, -0.2) is 51.9 Å². The fraction of sp³-hybridized carbons (Fsp3) is 0.515. The molecule has 222 valence electrons. The van der Waals surface area contributed by atoms with E-state index in [2.05, 4.69) is 0 Å². The van der Waals surface area contributed by atoms with E-state index in [4.69, 9.17) is 15.2 Å². The van der Waals surface area contributed by atoms with Gasteiger partial charge in [0.1, 0.15) is 6.61 Å². The molecule has 9 atom stereocenters. The monoisotopic (exact) mass is 593 g/mol. The van der Waals surface area contributed by atoms with Crippen molar-refractivity contribution in [2.45, 2.75) is 75.7 Å². The van der Waals surface area contributed by atoms with Gasteiger partial charge in [-0.25, -0.2) is 4.39 Å². The molecule has 9 heteroatoms. The summed E-state index contributed by atoms with van der Waals surface area (Å²) in [5.74, 6) is -1.59. The van der Waals surface area contributed by atoms with Gasteiger partial charge in [0, 0.05) is 22.4 Å². The topological polar surface area (TPSA) is 119 Å². The summed E-state index contributed by atoms with van der Waals surface area (Å²) in [7, 11) is 0. The molecule has 5 aliphatic rings. The van der Waals surface area contributed by atoms with Gasteiger partial charge >= 0.3 is 0 Å². The molecule has 0 unspecified atom stereocenters. The van der Waals surface area contributed by atoms with Crippen molar-refractivity contribution < 1.29 is 33.7 Å². The molecular formula is C33H36FNO6S. The summed E-state index contributed by atoms with van der Waals surface area (Å²) < 4.78 is 30.6. The van der Waals surface area contributed by atoms with Gasteiger partial charge in [-0.1, -0.05) is 30.7 Å². The predicted molar refractivity (Wildman–Crippen MR) is 155 cm³/mol. The zero-order chi connectivity index (χ0) is 29.7. The smallest absolute Gasteiger partial charge is 0.194 e. The second-order valence-electron chi connectivity index (χ2n) is 13.2. The van der Waals surface area contributed by atoms with Crippen molar-refractivity contribution in [2.75, 3.05) is 12.3 Å². The minimum Gasteiger partial charge on any atom is -0.399 e. The van der Waals surface area contributed by atoms with Crippen LogP contribution < -0.4 is 5.73 Å². The van der Waals surface area contributed by atoms with Gasteiger partial charge in [0.2, 0.25) is 0 Å². The van der Waals surface area contributed by atoms with Gasteiger partial charge in [-0.2, -0.15) is 0 Å². The molecule has 0 spiro atoms. The van der Waals surface area contributed by atoms with Gasteiger partial charge in [-0.05, 0) is 91.8 Å². The van der Waals surface area contributed by atoms with Crippen molar-refractivity contribution in [2.24, 2.45) is 22.7 Å². The van der Waals surface area contributed by atoms with Gasteiger partial charge in [0.05, 0.1) is 17.1 Å². The molecule has 1 aromatic carbocycles. The highest BCUT2D eigenvalue weighted by atomic mass is 32.1. The van der Waals surface area contributed by atoms with Crippen LogP contribution in [-0.2, 0) is 25.5 Å². The number of aliphatic hydroxyl groups excluding tert-OH is 2. The summed E-state index contributed by atoms with van der Waals surface area (Å²) in [5.41, 5.74) is 3.84. The quantitative estimate of drug-likeness (QED) is 0.433. The lowest BCUT2D eigenvalue weighted by Gasteiger charge is -2.62.